The van der Waals surface area contributed by atoms with Gasteiger partial charge in [0.2, 0.25) is 0 Å². The molecular formula is C20H20ClN. The quantitative estimate of drug-likeness (QED) is 0.710. The van der Waals surface area contributed by atoms with Crippen LogP contribution in [-0.2, 0) is 19.5 Å². The average molecular weight is 310 g/mol. The third-order valence-corrected chi connectivity index (χ3v) is 5.09. The van der Waals surface area contributed by atoms with Gasteiger partial charge in [-0.3, -0.25) is 4.90 Å². The molecule has 2 heteroatoms. The van der Waals surface area contributed by atoms with Crippen LogP contribution >= 0.6 is 11.6 Å². The van der Waals surface area contributed by atoms with Crippen LogP contribution in [-0.4, -0.2) is 11.4 Å². The Balaban J connectivity index is 1.60. The van der Waals surface area contributed by atoms with Gasteiger partial charge in [0.1, 0.15) is 0 Å². The van der Waals surface area contributed by atoms with E-state index in [-0.39, 0.29) is 0 Å². The number of benzene rings is 2. The number of allylic oxidation sites excluding steroid dienone is 2. The van der Waals surface area contributed by atoms with Crippen molar-refractivity contribution in [3.63, 3.8) is 0 Å². The van der Waals surface area contributed by atoms with Gasteiger partial charge in [-0.05, 0) is 53.8 Å². The molecule has 0 aromatic heterocycles. The molecule has 1 atom stereocenters. The van der Waals surface area contributed by atoms with E-state index in [1.54, 1.807) is 5.56 Å². The summed E-state index contributed by atoms with van der Waals surface area (Å²) in [5.41, 5.74) is 5.98. The highest BCUT2D eigenvalue weighted by atomic mass is 35.5. The minimum absolute atomic E-state index is 0.607. The molecule has 0 fully saturated rings. The first-order valence-electron chi connectivity index (χ1n) is 8.04. The topological polar surface area (TPSA) is 3.24 Å². The number of rotatable bonds is 2. The van der Waals surface area contributed by atoms with E-state index in [1.165, 1.54) is 23.1 Å². The van der Waals surface area contributed by atoms with Crippen LogP contribution in [0.1, 0.15) is 34.6 Å². The van der Waals surface area contributed by atoms with Crippen LogP contribution in [0.5, 0.6) is 0 Å². The molecule has 0 saturated carbocycles. The van der Waals surface area contributed by atoms with Crippen LogP contribution in [0, 0.1) is 0 Å². The van der Waals surface area contributed by atoms with Gasteiger partial charge in [-0.1, -0.05) is 54.1 Å². The molecular weight excluding hydrogens is 290 g/mol. The molecule has 0 spiro atoms. The largest absolute Gasteiger partial charge is 0.295 e. The number of nitrogens with zero attached hydrogens (tertiary/aromatic N) is 1. The monoisotopic (exact) mass is 309 g/mol. The van der Waals surface area contributed by atoms with Gasteiger partial charge in [0, 0.05) is 24.0 Å². The maximum Gasteiger partial charge on any atom is 0.0406 e. The summed E-state index contributed by atoms with van der Waals surface area (Å²) in [4.78, 5) is 2.56. The van der Waals surface area contributed by atoms with E-state index in [0.29, 0.717) is 5.92 Å². The van der Waals surface area contributed by atoms with Crippen molar-refractivity contribution in [2.24, 2.45) is 0 Å². The molecule has 2 aliphatic rings. The van der Waals surface area contributed by atoms with Crippen LogP contribution in [0.15, 0.2) is 54.6 Å². The van der Waals surface area contributed by atoms with Crippen molar-refractivity contribution in [1.82, 2.24) is 4.90 Å². The summed E-state index contributed by atoms with van der Waals surface area (Å²) in [5.74, 6) is 0.607. The molecule has 112 valence electrons. The molecule has 2 aromatic carbocycles. The van der Waals surface area contributed by atoms with Crippen LogP contribution < -0.4 is 0 Å². The van der Waals surface area contributed by atoms with E-state index < -0.39 is 0 Å². The first-order chi connectivity index (χ1) is 10.8. The van der Waals surface area contributed by atoms with Gasteiger partial charge in [-0.15, -0.1) is 0 Å². The minimum Gasteiger partial charge on any atom is -0.295 e. The normalized spacial score (nSPS) is 20.5. The van der Waals surface area contributed by atoms with Gasteiger partial charge in [0.05, 0.1) is 0 Å². The van der Waals surface area contributed by atoms with Crippen LogP contribution in [0.2, 0.25) is 5.02 Å². The van der Waals surface area contributed by atoms with E-state index >= 15 is 0 Å². The van der Waals surface area contributed by atoms with E-state index in [2.05, 4.69) is 47.4 Å². The zero-order valence-corrected chi connectivity index (χ0v) is 13.4. The van der Waals surface area contributed by atoms with Gasteiger partial charge < -0.3 is 0 Å². The third kappa shape index (κ3) is 2.71. The molecule has 22 heavy (non-hydrogen) atoms. The van der Waals surface area contributed by atoms with Crippen molar-refractivity contribution in [2.45, 2.75) is 31.8 Å². The lowest BCUT2D eigenvalue weighted by molar-refractivity contribution is 0.259. The molecule has 0 bridgehead atoms. The van der Waals surface area contributed by atoms with Crippen molar-refractivity contribution >= 4 is 11.6 Å². The number of halogens is 1. The van der Waals surface area contributed by atoms with E-state index in [1.807, 2.05) is 12.1 Å². The average Bonchev–Trinajstić information content (AvgIpc) is 2.72. The second-order valence-electron chi connectivity index (χ2n) is 6.35. The lowest BCUT2D eigenvalue weighted by Crippen LogP contribution is -2.22. The Labute approximate surface area is 137 Å². The van der Waals surface area contributed by atoms with Crippen molar-refractivity contribution in [1.29, 1.82) is 0 Å². The highest BCUT2D eigenvalue weighted by Crippen LogP contribution is 2.35. The number of hydrogen-bond acceptors (Lipinski definition) is 1. The van der Waals surface area contributed by atoms with Crippen LogP contribution in [0.25, 0.3) is 0 Å². The molecule has 4 rings (SSSR count). The maximum absolute atomic E-state index is 5.99. The fourth-order valence-corrected chi connectivity index (χ4v) is 3.90. The molecule has 2 aromatic rings. The highest BCUT2D eigenvalue weighted by molar-refractivity contribution is 6.30. The molecule has 1 unspecified atom stereocenters. The van der Waals surface area contributed by atoms with Crippen LogP contribution in [0.3, 0.4) is 0 Å². The lowest BCUT2D eigenvalue weighted by atomic mass is 9.83. The number of hydrogen-bond donors (Lipinski definition) is 0. The zero-order chi connectivity index (χ0) is 14.9. The summed E-state index contributed by atoms with van der Waals surface area (Å²) in [5, 5.41) is 0.811. The van der Waals surface area contributed by atoms with Gasteiger partial charge in [-0.25, -0.2) is 0 Å². The molecule has 0 amide bonds. The fraction of sp³-hybridized carbons (Fsp3) is 0.300. The molecule has 1 aliphatic heterocycles. The molecule has 1 nitrogen and oxygen atoms in total. The second-order valence-corrected chi connectivity index (χ2v) is 6.79. The molecule has 0 N–H and O–H groups in total. The summed E-state index contributed by atoms with van der Waals surface area (Å²) in [6.45, 7) is 3.19. The van der Waals surface area contributed by atoms with E-state index in [4.69, 9.17) is 11.6 Å². The van der Waals surface area contributed by atoms with Crippen LogP contribution in [0.4, 0.5) is 0 Å². The van der Waals surface area contributed by atoms with E-state index in [0.717, 1.165) is 31.1 Å². The van der Waals surface area contributed by atoms with Crippen molar-refractivity contribution < 1.29 is 0 Å². The first kappa shape index (κ1) is 14.0. The van der Waals surface area contributed by atoms with Gasteiger partial charge in [-0.2, -0.15) is 0 Å². The first-order valence-corrected chi connectivity index (χ1v) is 8.41. The molecule has 0 saturated heterocycles. The Morgan fingerprint density at radius 3 is 2.73 bits per heavy atom. The summed E-state index contributed by atoms with van der Waals surface area (Å²) in [6, 6.07) is 15.1. The van der Waals surface area contributed by atoms with Gasteiger partial charge >= 0.3 is 0 Å². The van der Waals surface area contributed by atoms with Crippen molar-refractivity contribution in [2.75, 3.05) is 6.54 Å². The highest BCUT2D eigenvalue weighted by Gasteiger charge is 2.24. The maximum atomic E-state index is 5.99. The lowest BCUT2D eigenvalue weighted by Gasteiger charge is -2.21. The Hall–Kier alpha value is -1.57. The summed E-state index contributed by atoms with van der Waals surface area (Å²) in [7, 11) is 0. The summed E-state index contributed by atoms with van der Waals surface area (Å²) >= 11 is 5.99. The van der Waals surface area contributed by atoms with Gasteiger partial charge in [0.25, 0.3) is 0 Å². The zero-order valence-electron chi connectivity index (χ0n) is 12.6. The van der Waals surface area contributed by atoms with Gasteiger partial charge in [0.15, 0.2) is 0 Å². The fourth-order valence-electron chi connectivity index (χ4n) is 3.78. The van der Waals surface area contributed by atoms with Crippen molar-refractivity contribution in [3.05, 3.63) is 81.9 Å². The minimum atomic E-state index is 0.607. The predicted octanol–water partition coefficient (Wildman–Crippen LogP) is 4.94. The Morgan fingerprint density at radius 1 is 1.05 bits per heavy atom. The second kappa shape index (κ2) is 5.91. The smallest absolute Gasteiger partial charge is 0.0406 e. The van der Waals surface area contributed by atoms with Crippen molar-refractivity contribution in [3.8, 4) is 0 Å². The summed E-state index contributed by atoms with van der Waals surface area (Å²) in [6.07, 6.45) is 7.06. The molecule has 0 radical (unpaired) electrons. The Bertz CT molecular complexity index is 702. The SMILES string of the molecule is Clc1ccc(CN2CCC3C=CCc4cccc(c43)C2)cc1. The molecule has 1 heterocycles. The Kier molecular flexibility index (Phi) is 3.77. The Morgan fingerprint density at radius 2 is 1.86 bits per heavy atom. The molecule has 1 aliphatic carbocycles. The standard InChI is InChI=1S/C20H20ClN/c21-19-9-7-15(8-10-19)13-22-12-11-17-5-1-3-16-4-2-6-18(14-22)20(16)17/h1-2,4-10,17H,3,11-14H2. The van der Waals surface area contributed by atoms with E-state index in [9.17, 15) is 0 Å². The third-order valence-electron chi connectivity index (χ3n) is 4.83. The summed E-state index contributed by atoms with van der Waals surface area (Å²) < 4.78 is 0. The predicted molar refractivity (Wildman–Crippen MR) is 92.2 cm³/mol.